The molecule has 0 bridgehead atoms. The maximum atomic E-state index is 13.1. The number of likely N-dealkylation sites (tertiary alicyclic amines) is 1. The standard InChI is InChI=1S/C11H20F2N2O/c1-8(2)10(3)4-5-15(7-10)9(16)11(12,13)6-14/h8H,4-7,14H2,1-3H3/t10-/m0/s1. The van der Waals surface area contributed by atoms with Gasteiger partial charge in [0.05, 0.1) is 6.54 Å². The summed E-state index contributed by atoms with van der Waals surface area (Å²) in [4.78, 5) is 12.7. The lowest BCUT2D eigenvalue weighted by Gasteiger charge is -2.29. The van der Waals surface area contributed by atoms with E-state index in [9.17, 15) is 13.6 Å². The Bertz CT molecular complexity index is 281. The molecule has 1 rings (SSSR count). The fourth-order valence-corrected chi connectivity index (χ4v) is 1.95. The third kappa shape index (κ3) is 2.34. The summed E-state index contributed by atoms with van der Waals surface area (Å²) in [5.41, 5.74) is 4.85. The predicted octanol–water partition coefficient (Wildman–Crippen LogP) is 1.48. The number of nitrogens with two attached hydrogens (primary N) is 1. The van der Waals surface area contributed by atoms with Crippen molar-refractivity contribution in [2.24, 2.45) is 17.1 Å². The molecular formula is C11H20F2N2O. The molecule has 1 aliphatic rings. The smallest absolute Gasteiger partial charge is 0.336 e. The van der Waals surface area contributed by atoms with Crippen molar-refractivity contribution in [2.45, 2.75) is 33.1 Å². The van der Waals surface area contributed by atoms with Crippen LogP contribution in [0.3, 0.4) is 0 Å². The lowest BCUT2D eigenvalue weighted by atomic mass is 9.78. The SMILES string of the molecule is CC(C)[C@@]1(C)CCN(C(=O)C(F)(F)CN)C1. The number of carbonyl (C=O) groups excluding carboxylic acids is 1. The van der Waals surface area contributed by atoms with Crippen LogP contribution in [0.2, 0.25) is 0 Å². The van der Waals surface area contributed by atoms with Crippen molar-refractivity contribution in [3.8, 4) is 0 Å². The van der Waals surface area contributed by atoms with Gasteiger partial charge in [0.2, 0.25) is 0 Å². The molecule has 3 nitrogen and oxygen atoms in total. The number of amides is 1. The van der Waals surface area contributed by atoms with Crippen molar-refractivity contribution in [1.82, 2.24) is 4.90 Å². The van der Waals surface area contributed by atoms with E-state index in [2.05, 4.69) is 13.8 Å². The van der Waals surface area contributed by atoms with E-state index in [0.29, 0.717) is 19.0 Å². The van der Waals surface area contributed by atoms with Gasteiger partial charge in [-0.3, -0.25) is 4.79 Å². The molecule has 0 aromatic heterocycles. The Balaban J connectivity index is 2.71. The molecule has 0 radical (unpaired) electrons. The van der Waals surface area contributed by atoms with Crippen LogP contribution in [-0.2, 0) is 4.79 Å². The molecule has 0 unspecified atom stereocenters. The third-order valence-corrected chi connectivity index (χ3v) is 3.76. The molecule has 16 heavy (non-hydrogen) atoms. The molecule has 0 aromatic rings. The summed E-state index contributed by atoms with van der Waals surface area (Å²) in [6.07, 6.45) is 0.775. The Hall–Kier alpha value is -0.710. The monoisotopic (exact) mass is 234 g/mol. The zero-order valence-corrected chi connectivity index (χ0v) is 10.1. The fourth-order valence-electron chi connectivity index (χ4n) is 1.95. The maximum Gasteiger partial charge on any atom is 0.336 e. The number of hydrogen-bond donors (Lipinski definition) is 1. The van der Waals surface area contributed by atoms with Crippen LogP contribution in [0.4, 0.5) is 8.78 Å². The summed E-state index contributed by atoms with van der Waals surface area (Å²) >= 11 is 0. The Labute approximate surface area is 95.0 Å². The normalized spacial score (nSPS) is 26.6. The topological polar surface area (TPSA) is 46.3 Å². The number of carbonyl (C=O) groups is 1. The second-order valence-electron chi connectivity index (χ2n) is 5.19. The molecule has 2 N–H and O–H groups in total. The summed E-state index contributed by atoms with van der Waals surface area (Å²) < 4.78 is 26.3. The number of alkyl halides is 2. The second kappa shape index (κ2) is 4.28. The van der Waals surface area contributed by atoms with Gasteiger partial charge in [0, 0.05) is 13.1 Å². The Kier molecular flexibility index (Phi) is 3.57. The first-order chi connectivity index (χ1) is 7.23. The fraction of sp³-hybridized carbons (Fsp3) is 0.909. The number of halogens is 2. The minimum Gasteiger partial charge on any atom is -0.337 e. The first kappa shape index (κ1) is 13.4. The Morgan fingerprint density at radius 2 is 2.12 bits per heavy atom. The highest BCUT2D eigenvalue weighted by Crippen LogP contribution is 2.38. The van der Waals surface area contributed by atoms with Gasteiger partial charge in [-0.05, 0) is 17.8 Å². The number of rotatable bonds is 3. The molecule has 0 spiro atoms. The van der Waals surface area contributed by atoms with Crippen molar-refractivity contribution in [3.63, 3.8) is 0 Å². The van der Waals surface area contributed by atoms with Gasteiger partial charge in [-0.1, -0.05) is 20.8 Å². The van der Waals surface area contributed by atoms with Crippen LogP contribution >= 0.6 is 0 Å². The summed E-state index contributed by atoms with van der Waals surface area (Å²) in [6.45, 7) is 6.03. The largest absolute Gasteiger partial charge is 0.337 e. The molecule has 1 saturated heterocycles. The van der Waals surface area contributed by atoms with Gasteiger partial charge in [-0.2, -0.15) is 8.78 Å². The molecule has 1 aliphatic heterocycles. The average Bonchev–Trinajstić information content (AvgIpc) is 2.61. The highest BCUT2D eigenvalue weighted by molar-refractivity contribution is 5.84. The van der Waals surface area contributed by atoms with Crippen LogP contribution in [0.5, 0.6) is 0 Å². The Morgan fingerprint density at radius 3 is 2.50 bits per heavy atom. The van der Waals surface area contributed by atoms with E-state index < -0.39 is 18.4 Å². The van der Waals surface area contributed by atoms with Crippen LogP contribution in [0.25, 0.3) is 0 Å². The van der Waals surface area contributed by atoms with Crippen LogP contribution < -0.4 is 5.73 Å². The van der Waals surface area contributed by atoms with E-state index in [-0.39, 0.29) is 5.41 Å². The lowest BCUT2D eigenvalue weighted by Crippen LogP contribution is -2.47. The van der Waals surface area contributed by atoms with Crippen LogP contribution in [-0.4, -0.2) is 36.4 Å². The third-order valence-electron chi connectivity index (χ3n) is 3.76. The van der Waals surface area contributed by atoms with Gasteiger partial charge < -0.3 is 10.6 Å². The quantitative estimate of drug-likeness (QED) is 0.804. The van der Waals surface area contributed by atoms with Crippen molar-refractivity contribution in [2.75, 3.05) is 19.6 Å². The highest BCUT2D eigenvalue weighted by Gasteiger charge is 2.46. The molecule has 1 amide bonds. The van der Waals surface area contributed by atoms with E-state index in [0.717, 1.165) is 6.42 Å². The summed E-state index contributed by atoms with van der Waals surface area (Å²) in [7, 11) is 0. The van der Waals surface area contributed by atoms with E-state index in [1.54, 1.807) is 0 Å². The first-order valence-electron chi connectivity index (χ1n) is 5.60. The Morgan fingerprint density at radius 1 is 1.56 bits per heavy atom. The van der Waals surface area contributed by atoms with Gasteiger partial charge in [0.25, 0.3) is 5.91 Å². The molecular weight excluding hydrogens is 214 g/mol. The lowest BCUT2D eigenvalue weighted by molar-refractivity contribution is -0.155. The molecule has 1 atom stereocenters. The highest BCUT2D eigenvalue weighted by atomic mass is 19.3. The molecule has 1 fully saturated rings. The van der Waals surface area contributed by atoms with Crippen molar-refractivity contribution >= 4 is 5.91 Å². The summed E-state index contributed by atoms with van der Waals surface area (Å²) in [6, 6.07) is 0. The number of nitrogens with zero attached hydrogens (tertiary/aromatic N) is 1. The van der Waals surface area contributed by atoms with Crippen LogP contribution in [0, 0.1) is 11.3 Å². The van der Waals surface area contributed by atoms with E-state index in [4.69, 9.17) is 5.73 Å². The number of hydrogen-bond acceptors (Lipinski definition) is 2. The zero-order chi connectivity index (χ0) is 12.6. The molecule has 0 aliphatic carbocycles. The van der Waals surface area contributed by atoms with E-state index in [1.165, 1.54) is 4.90 Å². The van der Waals surface area contributed by atoms with E-state index in [1.807, 2.05) is 6.92 Å². The summed E-state index contributed by atoms with van der Waals surface area (Å²) in [5.74, 6) is -4.17. The van der Waals surface area contributed by atoms with Gasteiger partial charge >= 0.3 is 5.92 Å². The van der Waals surface area contributed by atoms with Crippen molar-refractivity contribution < 1.29 is 13.6 Å². The minimum atomic E-state index is -3.41. The summed E-state index contributed by atoms with van der Waals surface area (Å²) in [5, 5.41) is 0. The van der Waals surface area contributed by atoms with E-state index >= 15 is 0 Å². The zero-order valence-electron chi connectivity index (χ0n) is 10.1. The van der Waals surface area contributed by atoms with Gasteiger partial charge in [-0.25, -0.2) is 0 Å². The molecule has 5 heteroatoms. The minimum absolute atomic E-state index is 0.0552. The molecule has 1 heterocycles. The average molecular weight is 234 g/mol. The first-order valence-corrected chi connectivity index (χ1v) is 5.60. The molecule has 0 aromatic carbocycles. The van der Waals surface area contributed by atoms with Crippen LogP contribution in [0.1, 0.15) is 27.2 Å². The maximum absolute atomic E-state index is 13.1. The van der Waals surface area contributed by atoms with Gasteiger partial charge in [0.15, 0.2) is 0 Å². The van der Waals surface area contributed by atoms with Gasteiger partial charge in [-0.15, -0.1) is 0 Å². The second-order valence-corrected chi connectivity index (χ2v) is 5.19. The van der Waals surface area contributed by atoms with Crippen molar-refractivity contribution in [3.05, 3.63) is 0 Å². The molecule has 94 valence electrons. The van der Waals surface area contributed by atoms with Gasteiger partial charge in [0.1, 0.15) is 0 Å². The van der Waals surface area contributed by atoms with Crippen LogP contribution in [0.15, 0.2) is 0 Å². The van der Waals surface area contributed by atoms with Crippen molar-refractivity contribution in [1.29, 1.82) is 0 Å². The molecule has 0 saturated carbocycles. The predicted molar refractivity (Wildman–Crippen MR) is 58.1 cm³/mol.